The average Bonchev–Trinajstić information content (AvgIpc) is 3.72. The van der Waals surface area contributed by atoms with Crippen LogP contribution in [0.15, 0.2) is 54.6 Å². The minimum Gasteiger partial charge on any atom is -0.465 e. The molecule has 12 nitrogen and oxygen atoms in total. The van der Waals surface area contributed by atoms with Gasteiger partial charge in [-0.25, -0.2) is 13.9 Å². The van der Waals surface area contributed by atoms with Gasteiger partial charge in [0, 0.05) is 40.8 Å². The predicted octanol–water partition coefficient (Wildman–Crippen LogP) is 8.94. The lowest BCUT2D eigenvalue weighted by molar-refractivity contribution is -0.148. The van der Waals surface area contributed by atoms with Crippen molar-refractivity contribution in [3.63, 3.8) is 0 Å². The van der Waals surface area contributed by atoms with Crippen LogP contribution in [-0.4, -0.2) is 113 Å². The van der Waals surface area contributed by atoms with Crippen molar-refractivity contribution in [2.24, 2.45) is 0 Å². The van der Waals surface area contributed by atoms with Gasteiger partial charge in [0.1, 0.15) is 24.3 Å². The number of carbonyl (C=O) groups excluding carboxylic acids is 4. The maximum Gasteiger partial charge on any atom is 0.323 e. The Kier molecular flexibility index (Phi) is 13.6. The first kappa shape index (κ1) is 46.4. The van der Waals surface area contributed by atoms with Crippen LogP contribution in [0.1, 0.15) is 143 Å². The summed E-state index contributed by atoms with van der Waals surface area (Å²) in [5.74, 6) is -3.22. The summed E-state index contributed by atoms with van der Waals surface area (Å²) in [6.45, 7) is 4.15. The molecule has 1 aromatic heterocycles. The van der Waals surface area contributed by atoms with Crippen molar-refractivity contribution in [3.05, 3.63) is 70.6 Å². The molecule has 16 heteroatoms. The largest absolute Gasteiger partial charge is 0.465 e. The summed E-state index contributed by atoms with van der Waals surface area (Å²) in [5.41, 5.74) is 1.13. The fraction of sp³-hybridized carbons (Fsp3) is 0.633. The molecule has 4 heterocycles. The van der Waals surface area contributed by atoms with Gasteiger partial charge in [0.2, 0.25) is 17.7 Å². The van der Waals surface area contributed by atoms with Crippen LogP contribution in [0.5, 0.6) is 0 Å². The Morgan fingerprint density at radius 1 is 0.985 bits per heavy atom. The molecule has 2 aromatic carbocycles. The number of nitrogens with zero attached hydrogens (tertiary/aromatic N) is 3. The van der Waals surface area contributed by atoms with E-state index in [1.165, 1.54) is 29.9 Å². The number of ether oxygens (including phenoxy) is 1. The molecule has 3 aromatic rings. The number of amides is 3. The van der Waals surface area contributed by atoms with Crippen LogP contribution >= 0.6 is 18.9 Å². The van der Waals surface area contributed by atoms with Gasteiger partial charge in [-0.05, 0) is 132 Å². The minimum absolute atomic E-state index is 0.00245. The Morgan fingerprint density at radius 3 is 2.45 bits per heavy atom. The molecule has 65 heavy (non-hydrogen) atoms. The van der Waals surface area contributed by atoms with Gasteiger partial charge in [-0.15, -0.1) is 11.3 Å². The van der Waals surface area contributed by atoms with Gasteiger partial charge in [0.05, 0.1) is 17.6 Å². The second-order valence-corrected chi connectivity index (χ2v) is 22.9. The standard InChI is InChI=1S/C49H64F2N5O7PS/c1-4-22-62-48(60)30(2)53-64(61,63-39-12-8-9-13-39)44(51)32-14-19-42-33(23-32)24-43(65-42)45(57)52-40-17-15-36(54(3)38-25-35(50)26-38)27-37-16-18-41(56(37)46(40)58)47(59)55-29-34(28-49(55)20-21-49)31-10-6-5-7-11-31/h5-7,10-11,14,19,23-24,30,34-41,44H,4,8-9,12-13,15-18,20-22,25-29H2,1-3H3,(H,52,57)(H,53,61)/t30-,34+,35?,36-,37+,38?,40-,41-,44+,64?/m0/s1. The molecule has 1 spiro atoms. The van der Waals surface area contributed by atoms with Gasteiger partial charge in [0.25, 0.3) is 5.91 Å². The highest BCUT2D eigenvalue weighted by Crippen LogP contribution is 2.60. The zero-order valence-corrected chi connectivity index (χ0v) is 39.5. The van der Waals surface area contributed by atoms with E-state index in [0.29, 0.717) is 85.7 Å². The summed E-state index contributed by atoms with van der Waals surface area (Å²) < 4.78 is 57.1. The molecule has 9 rings (SSSR count). The van der Waals surface area contributed by atoms with Gasteiger partial charge in [-0.1, -0.05) is 56.2 Å². The fourth-order valence-corrected chi connectivity index (χ4v) is 14.4. The maximum absolute atomic E-state index is 16.7. The fourth-order valence-electron chi connectivity index (χ4n) is 11.3. The molecule has 0 radical (unpaired) electrons. The summed E-state index contributed by atoms with van der Waals surface area (Å²) in [6.07, 6.45) is 9.07. The first-order chi connectivity index (χ1) is 31.3. The minimum atomic E-state index is -4.31. The van der Waals surface area contributed by atoms with E-state index >= 15 is 4.39 Å². The zero-order valence-electron chi connectivity index (χ0n) is 37.8. The number of fused-ring (bicyclic) bond motifs is 2. The number of rotatable bonds is 15. The second-order valence-electron chi connectivity index (χ2n) is 19.7. The third-order valence-corrected chi connectivity index (χ3v) is 18.6. The molecule has 352 valence electrons. The highest BCUT2D eigenvalue weighted by molar-refractivity contribution is 7.57. The number of thiophene rings is 1. The monoisotopic (exact) mass is 935 g/mol. The molecule has 6 aliphatic rings. The molecular formula is C49H64F2N5O7PS. The van der Waals surface area contributed by atoms with E-state index in [1.807, 2.05) is 32.2 Å². The lowest BCUT2D eigenvalue weighted by Crippen LogP contribution is -2.59. The summed E-state index contributed by atoms with van der Waals surface area (Å²) in [4.78, 5) is 63.1. The van der Waals surface area contributed by atoms with Crippen LogP contribution in [0.3, 0.4) is 0 Å². The first-order valence-corrected chi connectivity index (χ1v) is 26.5. The van der Waals surface area contributed by atoms with E-state index in [2.05, 4.69) is 32.3 Å². The van der Waals surface area contributed by atoms with E-state index in [9.17, 15) is 28.1 Å². The third-order valence-electron chi connectivity index (χ3n) is 15.3. The molecule has 3 saturated heterocycles. The molecule has 2 N–H and O–H groups in total. The van der Waals surface area contributed by atoms with Gasteiger partial charge in [-0.3, -0.25) is 23.7 Å². The lowest BCUT2D eigenvalue weighted by Gasteiger charge is -2.45. The summed E-state index contributed by atoms with van der Waals surface area (Å²) >= 11 is 1.21. The zero-order chi connectivity index (χ0) is 45.6. The van der Waals surface area contributed by atoms with Crippen molar-refractivity contribution < 1.29 is 41.8 Å². The lowest BCUT2D eigenvalue weighted by atomic mass is 9.86. The molecule has 8 atom stereocenters. The van der Waals surface area contributed by atoms with Crippen LogP contribution in [0.4, 0.5) is 8.78 Å². The number of benzene rings is 2. The molecule has 3 aliphatic heterocycles. The number of esters is 1. The molecule has 1 unspecified atom stereocenters. The molecule has 3 aliphatic carbocycles. The number of hydrogen-bond acceptors (Lipinski definition) is 9. The van der Waals surface area contributed by atoms with E-state index in [0.717, 1.165) is 32.1 Å². The van der Waals surface area contributed by atoms with Crippen LogP contribution in [0.25, 0.3) is 10.1 Å². The van der Waals surface area contributed by atoms with Gasteiger partial charge in [0.15, 0.2) is 0 Å². The van der Waals surface area contributed by atoms with Crippen molar-refractivity contribution in [2.45, 2.75) is 176 Å². The molecule has 3 amide bonds. The number of nitrogens with one attached hydrogen (secondary N) is 2. The second kappa shape index (κ2) is 19.1. The molecular weight excluding hydrogens is 872 g/mol. The maximum atomic E-state index is 16.7. The predicted molar refractivity (Wildman–Crippen MR) is 246 cm³/mol. The van der Waals surface area contributed by atoms with Gasteiger partial charge < -0.3 is 29.3 Å². The van der Waals surface area contributed by atoms with Crippen LogP contribution in [0.2, 0.25) is 0 Å². The van der Waals surface area contributed by atoms with E-state index in [1.54, 1.807) is 23.1 Å². The van der Waals surface area contributed by atoms with E-state index in [4.69, 9.17) is 9.26 Å². The van der Waals surface area contributed by atoms with E-state index < -0.39 is 55.7 Å². The summed E-state index contributed by atoms with van der Waals surface area (Å²) in [6, 6.07) is 14.1. The Balaban J connectivity index is 0.944. The number of alkyl halides is 2. The third kappa shape index (κ3) is 9.56. The number of likely N-dealkylation sites (tertiary alicyclic amines) is 1. The topological polar surface area (TPSA) is 138 Å². The van der Waals surface area contributed by atoms with Crippen LogP contribution in [0, 0.1) is 0 Å². The number of carbonyl (C=O) groups is 4. The summed E-state index contributed by atoms with van der Waals surface area (Å²) in [7, 11) is -2.27. The average molecular weight is 936 g/mol. The van der Waals surface area contributed by atoms with Crippen molar-refractivity contribution in [3.8, 4) is 0 Å². The van der Waals surface area contributed by atoms with Gasteiger partial charge in [-0.2, -0.15) is 0 Å². The van der Waals surface area contributed by atoms with Crippen molar-refractivity contribution in [2.75, 3.05) is 20.2 Å². The molecule has 3 saturated carbocycles. The Hall–Kier alpha value is -3.75. The van der Waals surface area contributed by atoms with Crippen LogP contribution < -0.4 is 10.4 Å². The molecule has 6 fully saturated rings. The van der Waals surface area contributed by atoms with Crippen LogP contribution in [-0.2, 0) is 28.2 Å². The number of halogens is 2. The summed E-state index contributed by atoms with van der Waals surface area (Å²) in [5, 5.41) is 6.31. The van der Waals surface area contributed by atoms with Crippen molar-refractivity contribution >= 4 is 52.6 Å². The van der Waals surface area contributed by atoms with Gasteiger partial charge >= 0.3 is 13.5 Å². The first-order valence-electron chi connectivity index (χ1n) is 24.0. The quantitative estimate of drug-likeness (QED) is 0.113. The Labute approximate surface area is 385 Å². The SMILES string of the molecule is CCCOC(=O)[C@H](C)NP(=O)(OC1CCCC1)[C@@H](F)c1ccc2sc(C(=O)N[C@H]3CC[C@H](N(C)C4CC(F)C4)C[C@H]4CC[C@@H](C(=O)N5C[C@H](c6ccccc6)CC56CC6)N4C3=O)cc2c1. The van der Waals surface area contributed by atoms with Crippen molar-refractivity contribution in [1.29, 1.82) is 0 Å². The Morgan fingerprint density at radius 2 is 1.74 bits per heavy atom. The normalized spacial score (nSPS) is 29.5. The highest BCUT2D eigenvalue weighted by atomic mass is 32.1. The smallest absolute Gasteiger partial charge is 0.323 e. The highest BCUT2D eigenvalue weighted by Gasteiger charge is 2.59. The Bertz CT molecular complexity index is 2290. The van der Waals surface area contributed by atoms with E-state index in [-0.39, 0.29) is 53.6 Å². The molecule has 0 bridgehead atoms. The number of hydrogen-bond donors (Lipinski definition) is 2. The van der Waals surface area contributed by atoms with Crippen molar-refractivity contribution in [1.82, 2.24) is 25.1 Å².